The van der Waals surface area contributed by atoms with Crippen LogP contribution < -0.4 is 5.32 Å². The SMILES string of the molecule is C=CCNc1nc(-c2c(C)n(C)c3ccc(F)cc23)cs1. The zero-order valence-corrected chi connectivity index (χ0v) is 12.8. The summed E-state index contributed by atoms with van der Waals surface area (Å²) in [5.74, 6) is -0.227. The van der Waals surface area contributed by atoms with E-state index in [9.17, 15) is 4.39 Å². The zero-order valence-electron chi connectivity index (χ0n) is 12.0. The number of halogens is 1. The number of rotatable bonds is 4. The molecule has 0 aliphatic rings. The van der Waals surface area contributed by atoms with Crippen LogP contribution in [0.25, 0.3) is 22.2 Å². The van der Waals surface area contributed by atoms with Crippen LogP contribution in [0.1, 0.15) is 5.69 Å². The second-order valence-electron chi connectivity index (χ2n) is 4.89. The number of benzene rings is 1. The molecular formula is C16H16FN3S. The summed E-state index contributed by atoms with van der Waals surface area (Å²) in [7, 11) is 1.99. The first-order chi connectivity index (χ1) is 10.1. The van der Waals surface area contributed by atoms with E-state index < -0.39 is 0 Å². The molecule has 0 atom stereocenters. The predicted molar refractivity (Wildman–Crippen MR) is 87.4 cm³/mol. The van der Waals surface area contributed by atoms with Crippen LogP contribution in [0.15, 0.2) is 36.2 Å². The van der Waals surface area contributed by atoms with Crippen molar-refractivity contribution in [3.63, 3.8) is 0 Å². The predicted octanol–water partition coefficient (Wildman–Crippen LogP) is 4.35. The number of aromatic nitrogens is 2. The molecule has 0 bridgehead atoms. The highest BCUT2D eigenvalue weighted by atomic mass is 32.1. The van der Waals surface area contributed by atoms with Gasteiger partial charge in [0.15, 0.2) is 5.13 Å². The standard InChI is InChI=1S/C16H16FN3S/c1-4-7-18-16-19-13(9-21-16)15-10(2)20(3)14-6-5-11(17)8-12(14)15/h4-6,8-9H,1,7H2,2-3H3,(H,18,19). The van der Waals surface area contributed by atoms with Crippen molar-refractivity contribution in [3.8, 4) is 11.3 Å². The normalized spacial score (nSPS) is 11.0. The molecule has 0 radical (unpaired) electrons. The van der Waals surface area contributed by atoms with E-state index in [1.165, 1.54) is 6.07 Å². The minimum absolute atomic E-state index is 0.227. The molecule has 1 aromatic carbocycles. The Balaban J connectivity index is 2.15. The first-order valence-electron chi connectivity index (χ1n) is 6.67. The third-order valence-corrected chi connectivity index (χ3v) is 4.41. The second-order valence-corrected chi connectivity index (χ2v) is 5.75. The quantitative estimate of drug-likeness (QED) is 0.726. The first-order valence-corrected chi connectivity index (χ1v) is 7.55. The van der Waals surface area contributed by atoms with Crippen molar-refractivity contribution >= 4 is 27.4 Å². The van der Waals surface area contributed by atoms with Gasteiger partial charge in [-0.25, -0.2) is 9.37 Å². The van der Waals surface area contributed by atoms with Gasteiger partial charge in [0.1, 0.15) is 5.82 Å². The molecule has 0 unspecified atom stereocenters. The minimum Gasteiger partial charge on any atom is -0.358 e. The van der Waals surface area contributed by atoms with E-state index in [4.69, 9.17) is 0 Å². The molecule has 0 saturated heterocycles. The summed E-state index contributed by atoms with van der Waals surface area (Å²) in [5.41, 5.74) is 3.96. The van der Waals surface area contributed by atoms with Crippen molar-refractivity contribution in [1.82, 2.24) is 9.55 Å². The smallest absolute Gasteiger partial charge is 0.183 e. The highest BCUT2D eigenvalue weighted by Crippen LogP contribution is 2.35. The maximum absolute atomic E-state index is 13.6. The molecule has 0 spiro atoms. The van der Waals surface area contributed by atoms with Gasteiger partial charge >= 0.3 is 0 Å². The molecule has 0 fully saturated rings. The first kappa shape index (κ1) is 13.8. The Bertz CT molecular complexity index is 816. The van der Waals surface area contributed by atoms with Crippen LogP contribution in [0.5, 0.6) is 0 Å². The third kappa shape index (κ3) is 2.34. The lowest BCUT2D eigenvalue weighted by Gasteiger charge is -1.99. The van der Waals surface area contributed by atoms with Gasteiger partial charge in [0, 0.05) is 41.1 Å². The summed E-state index contributed by atoms with van der Waals surface area (Å²) in [6.07, 6.45) is 1.79. The Morgan fingerprint density at radius 1 is 1.48 bits per heavy atom. The zero-order chi connectivity index (χ0) is 15.0. The number of fused-ring (bicyclic) bond motifs is 1. The summed E-state index contributed by atoms with van der Waals surface area (Å²) in [5, 5.41) is 6.92. The molecule has 108 valence electrons. The van der Waals surface area contributed by atoms with Crippen molar-refractivity contribution in [2.75, 3.05) is 11.9 Å². The average molecular weight is 301 g/mol. The molecule has 0 aliphatic heterocycles. The lowest BCUT2D eigenvalue weighted by atomic mass is 10.1. The average Bonchev–Trinajstić information content (AvgIpc) is 3.01. The van der Waals surface area contributed by atoms with Gasteiger partial charge in [0.05, 0.1) is 5.69 Å². The summed E-state index contributed by atoms with van der Waals surface area (Å²) in [6, 6.07) is 4.88. The number of aryl methyl sites for hydroxylation is 1. The second kappa shape index (κ2) is 5.33. The Morgan fingerprint density at radius 2 is 2.29 bits per heavy atom. The maximum Gasteiger partial charge on any atom is 0.183 e. The molecule has 1 N–H and O–H groups in total. The van der Waals surface area contributed by atoms with Gasteiger partial charge in [-0.05, 0) is 25.1 Å². The third-order valence-electron chi connectivity index (χ3n) is 3.61. The van der Waals surface area contributed by atoms with E-state index in [1.54, 1.807) is 23.5 Å². The van der Waals surface area contributed by atoms with E-state index in [0.29, 0.717) is 6.54 Å². The minimum atomic E-state index is -0.227. The van der Waals surface area contributed by atoms with Crippen molar-refractivity contribution < 1.29 is 4.39 Å². The van der Waals surface area contributed by atoms with Crippen LogP contribution in [0.2, 0.25) is 0 Å². The molecular weight excluding hydrogens is 285 g/mol. The number of hydrogen-bond donors (Lipinski definition) is 1. The molecule has 3 nitrogen and oxygen atoms in total. The Morgan fingerprint density at radius 3 is 3.05 bits per heavy atom. The summed E-state index contributed by atoms with van der Waals surface area (Å²) in [6.45, 7) is 6.39. The molecule has 3 rings (SSSR count). The lowest BCUT2D eigenvalue weighted by molar-refractivity contribution is 0.629. The summed E-state index contributed by atoms with van der Waals surface area (Å²) in [4.78, 5) is 4.60. The number of anilines is 1. The van der Waals surface area contributed by atoms with Crippen LogP contribution in [0, 0.1) is 12.7 Å². The summed E-state index contributed by atoms with van der Waals surface area (Å²) < 4.78 is 15.7. The van der Waals surface area contributed by atoms with E-state index in [1.807, 2.05) is 25.4 Å². The molecule has 21 heavy (non-hydrogen) atoms. The highest BCUT2D eigenvalue weighted by molar-refractivity contribution is 7.14. The van der Waals surface area contributed by atoms with Gasteiger partial charge in [0.2, 0.25) is 0 Å². The van der Waals surface area contributed by atoms with E-state index >= 15 is 0 Å². The Kier molecular flexibility index (Phi) is 3.51. The fraction of sp³-hybridized carbons (Fsp3) is 0.188. The summed E-state index contributed by atoms with van der Waals surface area (Å²) >= 11 is 1.54. The fourth-order valence-corrected chi connectivity index (χ4v) is 3.21. The van der Waals surface area contributed by atoms with Crippen LogP contribution in [0.4, 0.5) is 9.52 Å². The molecule has 0 aliphatic carbocycles. The van der Waals surface area contributed by atoms with Gasteiger partial charge in [-0.15, -0.1) is 17.9 Å². The maximum atomic E-state index is 13.6. The Labute approximate surface area is 126 Å². The highest BCUT2D eigenvalue weighted by Gasteiger charge is 2.16. The molecule has 2 heterocycles. The topological polar surface area (TPSA) is 29.9 Å². The molecule has 0 amide bonds. The van der Waals surface area contributed by atoms with Crippen LogP contribution in [-0.4, -0.2) is 16.1 Å². The van der Waals surface area contributed by atoms with Gasteiger partial charge in [-0.3, -0.25) is 0 Å². The van der Waals surface area contributed by atoms with Gasteiger partial charge in [0.25, 0.3) is 0 Å². The van der Waals surface area contributed by atoms with Crippen LogP contribution in [-0.2, 0) is 7.05 Å². The number of nitrogens with one attached hydrogen (secondary N) is 1. The molecule has 2 aromatic heterocycles. The van der Waals surface area contributed by atoms with Gasteiger partial charge in [-0.2, -0.15) is 0 Å². The fourth-order valence-electron chi connectivity index (χ4n) is 2.50. The van der Waals surface area contributed by atoms with Gasteiger partial charge in [-0.1, -0.05) is 6.08 Å². The van der Waals surface area contributed by atoms with Crippen molar-refractivity contribution in [2.45, 2.75) is 6.92 Å². The molecule has 0 saturated carbocycles. The number of nitrogens with zero attached hydrogens (tertiary/aromatic N) is 2. The van der Waals surface area contributed by atoms with Crippen LogP contribution >= 0.6 is 11.3 Å². The number of hydrogen-bond acceptors (Lipinski definition) is 3. The van der Waals surface area contributed by atoms with Crippen molar-refractivity contribution in [2.24, 2.45) is 7.05 Å². The van der Waals surface area contributed by atoms with E-state index in [-0.39, 0.29) is 5.82 Å². The van der Waals surface area contributed by atoms with Crippen molar-refractivity contribution in [3.05, 3.63) is 47.7 Å². The van der Waals surface area contributed by atoms with Crippen molar-refractivity contribution in [1.29, 1.82) is 0 Å². The lowest BCUT2D eigenvalue weighted by Crippen LogP contribution is -1.96. The monoisotopic (exact) mass is 301 g/mol. The van der Waals surface area contributed by atoms with E-state index in [0.717, 1.165) is 33.0 Å². The largest absolute Gasteiger partial charge is 0.358 e. The van der Waals surface area contributed by atoms with E-state index in [2.05, 4.69) is 21.4 Å². The molecule has 5 heteroatoms. The van der Waals surface area contributed by atoms with Gasteiger partial charge < -0.3 is 9.88 Å². The number of thiazole rings is 1. The van der Waals surface area contributed by atoms with Crippen LogP contribution in [0.3, 0.4) is 0 Å². The molecule has 3 aromatic rings. The Hall–Kier alpha value is -2.14.